The van der Waals surface area contributed by atoms with Crippen molar-refractivity contribution in [3.63, 3.8) is 0 Å². The van der Waals surface area contributed by atoms with E-state index in [1.165, 1.54) is 0 Å². The Kier molecular flexibility index (Phi) is 8.51. The van der Waals surface area contributed by atoms with Gasteiger partial charge in [0.15, 0.2) is 11.5 Å². The zero-order valence-corrected chi connectivity index (χ0v) is 19.2. The fourth-order valence-corrected chi connectivity index (χ4v) is 3.86. The third kappa shape index (κ3) is 5.03. The highest BCUT2D eigenvalue weighted by molar-refractivity contribution is 6.07. The molecule has 0 aliphatic carbocycles. The SMILES string of the molecule is COc1ccc(-c2cc(C(=O)N3CCCC(N)C3)c3ccccc3n2)cc1OC.Cl.Cl. The van der Waals surface area contributed by atoms with Crippen LogP contribution in [0.15, 0.2) is 48.5 Å². The summed E-state index contributed by atoms with van der Waals surface area (Å²) in [4.78, 5) is 20.0. The molecule has 1 amide bonds. The van der Waals surface area contributed by atoms with Gasteiger partial charge in [-0.25, -0.2) is 4.98 Å². The van der Waals surface area contributed by atoms with Gasteiger partial charge in [0.1, 0.15) is 0 Å². The Labute approximate surface area is 194 Å². The van der Waals surface area contributed by atoms with Crippen molar-refractivity contribution >= 4 is 41.6 Å². The summed E-state index contributed by atoms with van der Waals surface area (Å²) < 4.78 is 10.8. The second-order valence-corrected chi connectivity index (χ2v) is 7.30. The normalized spacial score (nSPS) is 15.6. The number of hydrogen-bond acceptors (Lipinski definition) is 5. The summed E-state index contributed by atoms with van der Waals surface area (Å²) >= 11 is 0. The number of aromatic nitrogens is 1. The number of ether oxygens (including phenoxy) is 2. The number of carbonyl (C=O) groups is 1. The Morgan fingerprint density at radius 2 is 1.81 bits per heavy atom. The van der Waals surface area contributed by atoms with Gasteiger partial charge in [-0.3, -0.25) is 4.79 Å². The molecule has 0 saturated carbocycles. The Morgan fingerprint density at radius 3 is 2.52 bits per heavy atom. The zero-order valence-electron chi connectivity index (χ0n) is 17.5. The highest BCUT2D eigenvalue weighted by atomic mass is 35.5. The van der Waals surface area contributed by atoms with Crippen LogP contribution in [-0.4, -0.2) is 49.1 Å². The van der Waals surface area contributed by atoms with Gasteiger partial charge in [0, 0.05) is 30.1 Å². The average molecular weight is 464 g/mol. The first-order valence-corrected chi connectivity index (χ1v) is 9.77. The molecule has 3 aromatic rings. The van der Waals surface area contributed by atoms with Gasteiger partial charge in [-0.1, -0.05) is 18.2 Å². The summed E-state index contributed by atoms with van der Waals surface area (Å²) in [5.74, 6) is 1.27. The number of nitrogens with two attached hydrogens (primary N) is 1. The molecular formula is C23H27Cl2N3O3. The van der Waals surface area contributed by atoms with Crippen LogP contribution in [0.2, 0.25) is 0 Å². The number of halogens is 2. The Bertz CT molecular complexity index is 1060. The minimum absolute atomic E-state index is 0. The molecule has 1 atom stereocenters. The maximum Gasteiger partial charge on any atom is 0.254 e. The van der Waals surface area contributed by atoms with Gasteiger partial charge in [-0.2, -0.15) is 0 Å². The van der Waals surface area contributed by atoms with Crippen molar-refractivity contribution in [2.24, 2.45) is 5.73 Å². The molecule has 0 spiro atoms. The van der Waals surface area contributed by atoms with E-state index < -0.39 is 0 Å². The zero-order chi connectivity index (χ0) is 20.4. The highest BCUT2D eigenvalue weighted by Crippen LogP contribution is 2.33. The number of para-hydroxylation sites is 1. The molecule has 0 bridgehead atoms. The van der Waals surface area contributed by atoms with Gasteiger partial charge in [0.25, 0.3) is 5.91 Å². The van der Waals surface area contributed by atoms with E-state index in [9.17, 15) is 4.79 Å². The third-order valence-electron chi connectivity index (χ3n) is 5.37. The molecule has 2 N–H and O–H groups in total. The maximum atomic E-state index is 13.4. The van der Waals surface area contributed by atoms with Gasteiger partial charge < -0.3 is 20.1 Å². The number of pyridine rings is 1. The van der Waals surface area contributed by atoms with E-state index in [1.807, 2.05) is 53.4 Å². The topological polar surface area (TPSA) is 77.7 Å². The predicted molar refractivity (Wildman–Crippen MR) is 128 cm³/mol. The van der Waals surface area contributed by atoms with E-state index in [0.29, 0.717) is 29.3 Å². The van der Waals surface area contributed by atoms with Crippen LogP contribution in [0.5, 0.6) is 11.5 Å². The number of benzene rings is 2. The smallest absolute Gasteiger partial charge is 0.254 e. The van der Waals surface area contributed by atoms with Crippen molar-refractivity contribution in [1.82, 2.24) is 9.88 Å². The minimum atomic E-state index is 0. The Balaban J connectivity index is 0.00000171. The van der Waals surface area contributed by atoms with Crippen LogP contribution in [0, 0.1) is 0 Å². The van der Waals surface area contributed by atoms with Crippen LogP contribution < -0.4 is 15.2 Å². The van der Waals surface area contributed by atoms with E-state index in [2.05, 4.69) is 0 Å². The lowest BCUT2D eigenvalue weighted by atomic mass is 10.0. The summed E-state index contributed by atoms with van der Waals surface area (Å²) in [6, 6.07) is 15.3. The van der Waals surface area contributed by atoms with Gasteiger partial charge in [-0.05, 0) is 43.2 Å². The average Bonchev–Trinajstić information content (AvgIpc) is 2.77. The largest absolute Gasteiger partial charge is 0.493 e. The summed E-state index contributed by atoms with van der Waals surface area (Å²) in [6.45, 7) is 1.32. The Hall–Kier alpha value is -2.54. The number of methoxy groups -OCH3 is 2. The first kappa shape index (κ1) is 24.7. The lowest BCUT2D eigenvalue weighted by molar-refractivity contribution is 0.0711. The molecular weight excluding hydrogens is 437 g/mol. The lowest BCUT2D eigenvalue weighted by Gasteiger charge is -2.31. The van der Waals surface area contributed by atoms with E-state index in [4.69, 9.17) is 20.2 Å². The molecule has 2 aromatic carbocycles. The molecule has 1 fully saturated rings. The number of likely N-dealkylation sites (tertiary alicyclic amines) is 1. The summed E-state index contributed by atoms with van der Waals surface area (Å²) in [7, 11) is 3.20. The summed E-state index contributed by atoms with van der Waals surface area (Å²) in [5.41, 5.74) is 9.11. The van der Waals surface area contributed by atoms with Gasteiger partial charge in [-0.15, -0.1) is 24.8 Å². The van der Waals surface area contributed by atoms with Crippen molar-refractivity contribution in [2.75, 3.05) is 27.3 Å². The number of amides is 1. The van der Waals surface area contributed by atoms with Crippen molar-refractivity contribution < 1.29 is 14.3 Å². The van der Waals surface area contributed by atoms with Crippen LogP contribution in [0.4, 0.5) is 0 Å². The third-order valence-corrected chi connectivity index (χ3v) is 5.37. The van der Waals surface area contributed by atoms with Crippen molar-refractivity contribution in [3.05, 3.63) is 54.1 Å². The first-order chi connectivity index (χ1) is 14.1. The monoisotopic (exact) mass is 463 g/mol. The number of carbonyl (C=O) groups excluding carboxylic acids is 1. The molecule has 1 aromatic heterocycles. The quantitative estimate of drug-likeness (QED) is 0.622. The molecule has 2 heterocycles. The van der Waals surface area contributed by atoms with Gasteiger partial charge in [0.05, 0.1) is 31.0 Å². The van der Waals surface area contributed by atoms with Crippen molar-refractivity contribution in [1.29, 1.82) is 0 Å². The molecule has 8 heteroatoms. The van der Waals surface area contributed by atoms with E-state index in [-0.39, 0.29) is 36.8 Å². The summed E-state index contributed by atoms with van der Waals surface area (Å²) in [6.07, 6.45) is 1.89. The standard InChI is InChI=1S/C23H25N3O3.2ClH/c1-28-21-10-9-15(12-22(21)29-2)20-13-18(17-7-3-4-8-19(17)25-20)23(27)26-11-5-6-16(24)14-26;;/h3-4,7-10,12-13,16H,5-6,11,14,24H2,1-2H3;2*1H. The van der Waals surface area contributed by atoms with E-state index in [0.717, 1.165) is 35.9 Å². The summed E-state index contributed by atoms with van der Waals surface area (Å²) in [5, 5.41) is 0.848. The first-order valence-electron chi connectivity index (χ1n) is 9.77. The number of hydrogen-bond donors (Lipinski definition) is 1. The number of nitrogens with zero attached hydrogens (tertiary/aromatic N) is 2. The van der Waals surface area contributed by atoms with Crippen LogP contribution in [-0.2, 0) is 0 Å². The molecule has 31 heavy (non-hydrogen) atoms. The second-order valence-electron chi connectivity index (χ2n) is 7.30. The fraction of sp³-hybridized carbons (Fsp3) is 0.304. The van der Waals surface area contributed by atoms with Crippen molar-refractivity contribution in [2.45, 2.75) is 18.9 Å². The molecule has 0 radical (unpaired) electrons. The van der Waals surface area contributed by atoms with Gasteiger partial charge in [0.2, 0.25) is 0 Å². The maximum absolute atomic E-state index is 13.4. The molecule has 166 valence electrons. The second kappa shape index (κ2) is 10.7. The number of piperidine rings is 1. The van der Waals surface area contributed by atoms with E-state index in [1.54, 1.807) is 14.2 Å². The van der Waals surface area contributed by atoms with Crippen LogP contribution in [0.25, 0.3) is 22.2 Å². The lowest BCUT2D eigenvalue weighted by Crippen LogP contribution is -2.45. The fourth-order valence-electron chi connectivity index (χ4n) is 3.86. The minimum Gasteiger partial charge on any atom is -0.493 e. The van der Waals surface area contributed by atoms with Gasteiger partial charge >= 0.3 is 0 Å². The highest BCUT2D eigenvalue weighted by Gasteiger charge is 2.24. The molecule has 1 aliphatic rings. The van der Waals surface area contributed by atoms with Crippen LogP contribution in [0.1, 0.15) is 23.2 Å². The Morgan fingerprint density at radius 1 is 1.06 bits per heavy atom. The van der Waals surface area contributed by atoms with Crippen molar-refractivity contribution in [3.8, 4) is 22.8 Å². The predicted octanol–water partition coefficient (Wildman–Crippen LogP) is 4.33. The number of rotatable bonds is 4. The number of fused-ring (bicyclic) bond motifs is 1. The molecule has 1 aliphatic heterocycles. The molecule has 6 nitrogen and oxygen atoms in total. The molecule has 1 saturated heterocycles. The van der Waals surface area contributed by atoms with Crippen LogP contribution >= 0.6 is 24.8 Å². The van der Waals surface area contributed by atoms with Crippen LogP contribution in [0.3, 0.4) is 0 Å². The van der Waals surface area contributed by atoms with E-state index >= 15 is 0 Å². The molecule has 4 rings (SSSR count). The molecule has 1 unspecified atom stereocenters.